The predicted molar refractivity (Wildman–Crippen MR) is 54.0 cm³/mol. The summed E-state index contributed by atoms with van der Waals surface area (Å²) in [4.78, 5) is 0. The fourth-order valence-electron chi connectivity index (χ4n) is 1.60. The first-order valence-corrected chi connectivity index (χ1v) is 5.06. The second-order valence-electron chi connectivity index (χ2n) is 3.02. The minimum absolute atomic E-state index is 0.182. The number of fused-ring (bicyclic) bond motifs is 1. The number of ether oxygens (including phenoxy) is 2. The molecule has 0 saturated heterocycles. The largest absolute Gasteiger partial charge is 0.492 e. The molecule has 0 fully saturated rings. The number of hydrogen-bond donors (Lipinski definition) is 0. The third-order valence-corrected chi connectivity index (χ3v) is 2.88. The van der Waals surface area contributed by atoms with Crippen molar-refractivity contribution in [3.05, 3.63) is 28.2 Å². The van der Waals surface area contributed by atoms with Crippen molar-refractivity contribution in [2.24, 2.45) is 0 Å². The van der Waals surface area contributed by atoms with Crippen LogP contribution < -0.4 is 4.74 Å². The zero-order chi connectivity index (χ0) is 9.26. The van der Waals surface area contributed by atoms with E-state index in [2.05, 4.69) is 15.9 Å². The van der Waals surface area contributed by atoms with E-state index < -0.39 is 0 Å². The van der Waals surface area contributed by atoms with Crippen molar-refractivity contribution in [1.82, 2.24) is 0 Å². The fourth-order valence-corrected chi connectivity index (χ4v) is 2.10. The van der Waals surface area contributed by atoms with Crippen molar-refractivity contribution < 1.29 is 9.47 Å². The van der Waals surface area contributed by atoms with Crippen LogP contribution in [0.3, 0.4) is 0 Å². The van der Waals surface area contributed by atoms with Gasteiger partial charge in [-0.2, -0.15) is 0 Å². The minimum Gasteiger partial charge on any atom is -0.492 e. The maximum atomic E-state index is 5.56. The molecule has 0 spiro atoms. The zero-order valence-corrected chi connectivity index (χ0v) is 9.00. The molecule has 1 aromatic rings. The van der Waals surface area contributed by atoms with Gasteiger partial charge in [0.05, 0.1) is 17.2 Å². The van der Waals surface area contributed by atoms with Crippen LogP contribution >= 0.6 is 15.9 Å². The van der Waals surface area contributed by atoms with Gasteiger partial charge in [0.1, 0.15) is 5.75 Å². The Bertz CT molecular complexity index is 312. The average molecular weight is 243 g/mol. The highest BCUT2D eigenvalue weighted by molar-refractivity contribution is 9.10. The number of halogens is 1. The molecular weight excluding hydrogens is 232 g/mol. The summed E-state index contributed by atoms with van der Waals surface area (Å²) in [6.07, 6.45) is 1.11. The molecule has 1 aliphatic heterocycles. The van der Waals surface area contributed by atoms with Gasteiger partial charge in [-0.3, -0.25) is 0 Å². The average Bonchev–Trinajstić information content (AvgIpc) is 2.18. The Morgan fingerprint density at radius 1 is 1.54 bits per heavy atom. The first-order chi connectivity index (χ1) is 6.33. The Morgan fingerprint density at radius 2 is 2.38 bits per heavy atom. The Morgan fingerprint density at radius 3 is 3.15 bits per heavy atom. The van der Waals surface area contributed by atoms with Gasteiger partial charge in [0.25, 0.3) is 0 Å². The smallest absolute Gasteiger partial charge is 0.139 e. The van der Waals surface area contributed by atoms with Crippen LogP contribution in [0.2, 0.25) is 0 Å². The molecule has 0 saturated carbocycles. The van der Waals surface area contributed by atoms with E-state index in [1.54, 1.807) is 7.11 Å². The maximum Gasteiger partial charge on any atom is 0.139 e. The molecule has 1 aromatic carbocycles. The van der Waals surface area contributed by atoms with Crippen molar-refractivity contribution in [3.8, 4) is 5.75 Å². The third-order valence-electron chi connectivity index (χ3n) is 2.26. The lowest BCUT2D eigenvalue weighted by Crippen LogP contribution is -2.15. The Labute approximate surface area is 86.0 Å². The van der Waals surface area contributed by atoms with E-state index in [1.807, 2.05) is 18.2 Å². The van der Waals surface area contributed by atoms with E-state index in [0.717, 1.165) is 28.8 Å². The lowest BCUT2D eigenvalue weighted by molar-refractivity contribution is 0.0633. The van der Waals surface area contributed by atoms with E-state index in [1.165, 1.54) is 0 Å². The van der Waals surface area contributed by atoms with Gasteiger partial charge in [-0.1, -0.05) is 12.1 Å². The summed E-state index contributed by atoms with van der Waals surface area (Å²) in [6, 6.07) is 6.04. The summed E-state index contributed by atoms with van der Waals surface area (Å²) in [5, 5.41) is 0. The predicted octanol–water partition coefficient (Wildman–Crippen LogP) is 2.92. The molecule has 0 aliphatic carbocycles. The van der Waals surface area contributed by atoms with E-state index in [0.29, 0.717) is 0 Å². The van der Waals surface area contributed by atoms with Crippen molar-refractivity contribution in [2.45, 2.75) is 12.5 Å². The molecule has 1 aliphatic rings. The Balaban J connectivity index is 2.45. The van der Waals surface area contributed by atoms with Gasteiger partial charge in [-0.15, -0.1) is 0 Å². The minimum atomic E-state index is 0.182. The summed E-state index contributed by atoms with van der Waals surface area (Å²) >= 11 is 3.46. The van der Waals surface area contributed by atoms with Gasteiger partial charge in [0, 0.05) is 19.1 Å². The quantitative estimate of drug-likeness (QED) is 0.754. The van der Waals surface area contributed by atoms with Crippen LogP contribution in [-0.2, 0) is 4.74 Å². The standard InChI is InChI=1S/C10H11BrO2/c1-12-9-5-6-13-10-7(9)3-2-4-8(10)11/h2-4,9H,5-6H2,1H3. The van der Waals surface area contributed by atoms with Gasteiger partial charge in [0.2, 0.25) is 0 Å². The van der Waals surface area contributed by atoms with E-state index in [4.69, 9.17) is 9.47 Å². The highest BCUT2D eigenvalue weighted by atomic mass is 79.9. The fraction of sp³-hybridized carbons (Fsp3) is 0.400. The topological polar surface area (TPSA) is 18.5 Å². The number of para-hydroxylation sites is 1. The Kier molecular flexibility index (Phi) is 2.56. The lowest BCUT2D eigenvalue weighted by Gasteiger charge is -2.25. The van der Waals surface area contributed by atoms with Gasteiger partial charge in [-0.25, -0.2) is 0 Å². The molecule has 0 N–H and O–H groups in total. The molecule has 1 heterocycles. The summed E-state index contributed by atoms with van der Waals surface area (Å²) < 4.78 is 11.9. The van der Waals surface area contributed by atoms with E-state index in [9.17, 15) is 0 Å². The van der Waals surface area contributed by atoms with Crippen LogP contribution in [0, 0.1) is 0 Å². The third kappa shape index (κ3) is 1.58. The van der Waals surface area contributed by atoms with Gasteiger partial charge >= 0.3 is 0 Å². The SMILES string of the molecule is COC1CCOc2c(Br)cccc21. The van der Waals surface area contributed by atoms with Crippen molar-refractivity contribution in [1.29, 1.82) is 0 Å². The molecule has 1 unspecified atom stereocenters. The molecule has 70 valence electrons. The molecule has 2 rings (SSSR count). The van der Waals surface area contributed by atoms with Crippen LogP contribution in [0.25, 0.3) is 0 Å². The van der Waals surface area contributed by atoms with Crippen molar-refractivity contribution >= 4 is 15.9 Å². The summed E-state index contributed by atoms with van der Waals surface area (Å²) in [5.74, 6) is 0.931. The molecule has 0 radical (unpaired) electrons. The lowest BCUT2D eigenvalue weighted by atomic mass is 10.0. The molecule has 3 heteroatoms. The number of benzene rings is 1. The van der Waals surface area contributed by atoms with Crippen LogP contribution in [0.15, 0.2) is 22.7 Å². The van der Waals surface area contributed by atoms with E-state index in [-0.39, 0.29) is 6.10 Å². The van der Waals surface area contributed by atoms with Crippen LogP contribution in [0.4, 0.5) is 0 Å². The monoisotopic (exact) mass is 242 g/mol. The highest BCUT2D eigenvalue weighted by Gasteiger charge is 2.22. The van der Waals surface area contributed by atoms with Gasteiger partial charge < -0.3 is 9.47 Å². The van der Waals surface area contributed by atoms with Crippen LogP contribution in [-0.4, -0.2) is 13.7 Å². The van der Waals surface area contributed by atoms with Gasteiger partial charge in [0.15, 0.2) is 0 Å². The second kappa shape index (κ2) is 3.68. The zero-order valence-electron chi connectivity index (χ0n) is 7.42. The summed E-state index contributed by atoms with van der Waals surface area (Å²) in [5.41, 5.74) is 1.14. The summed E-state index contributed by atoms with van der Waals surface area (Å²) in [7, 11) is 1.74. The Hall–Kier alpha value is -0.540. The molecule has 13 heavy (non-hydrogen) atoms. The van der Waals surface area contributed by atoms with Crippen molar-refractivity contribution in [2.75, 3.05) is 13.7 Å². The summed E-state index contributed by atoms with van der Waals surface area (Å²) in [6.45, 7) is 0.730. The molecule has 2 nitrogen and oxygen atoms in total. The van der Waals surface area contributed by atoms with E-state index >= 15 is 0 Å². The first kappa shape index (κ1) is 9.03. The first-order valence-electron chi connectivity index (χ1n) is 4.27. The second-order valence-corrected chi connectivity index (χ2v) is 3.87. The molecule has 1 atom stereocenters. The maximum absolute atomic E-state index is 5.56. The number of methoxy groups -OCH3 is 1. The normalized spacial score (nSPS) is 20.6. The number of rotatable bonds is 1. The number of hydrogen-bond acceptors (Lipinski definition) is 2. The van der Waals surface area contributed by atoms with Crippen LogP contribution in [0.5, 0.6) is 5.75 Å². The van der Waals surface area contributed by atoms with Gasteiger partial charge in [-0.05, 0) is 22.0 Å². The van der Waals surface area contributed by atoms with Crippen molar-refractivity contribution in [3.63, 3.8) is 0 Å². The highest BCUT2D eigenvalue weighted by Crippen LogP contribution is 2.38. The molecule has 0 bridgehead atoms. The molecular formula is C10H11BrO2. The molecule has 0 amide bonds. The van der Waals surface area contributed by atoms with Crippen LogP contribution in [0.1, 0.15) is 18.1 Å². The molecule has 0 aromatic heterocycles.